The highest BCUT2D eigenvalue weighted by atomic mass is 16.1. The van der Waals surface area contributed by atoms with Crippen molar-refractivity contribution in [1.82, 2.24) is 15.2 Å². The molecule has 0 fully saturated rings. The number of carbonyl (C=O) groups excluding carboxylic acids is 1. The number of pyridine rings is 1. The number of anilines is 1. The Kier molecular flexibility index (Phi) is 5.48. The van der Waals surface area contributed by atoms with E-state index in [1.54, 1.807) is 0 Å². The van der Waals surface area contributed by atoms with E-state index in [0.29, 0.717) is 19.5 Å². The molecule has 0 aliphatic carbocycles. The first-order valence-electron chi connectivity index (χ1n) is 9.69. The van der Waals surface area contributed by atoms with Crippen LogP contribution in [0.1, 0.15) is 28.8 Å². The number of amides is 1. The third-order valence-electron chi connectivity index (χ3n) is 5.02. The van der Waals surface area contributed by atoms with Gasteiger partial charge in [0.2, 0.25) is 5.91 Å². The van der Waals surface area contributed by atoms with Gasteiger partial charge in [0.1, 0.15) is 5.82 Å². The lowest BCUT2D eigenvalue weighted by Gasteiger charge is -2.18. The summed E-state index contributed by atoms with van der Waals surface area (Å²) in [6.45, 7) is 2.73. The van der Waals surface area contributed by atoms with Crippen LogP contribution in [0.4, 0.5) is 5.82 Å². The fourth-order valence-corrected chi connectivity index (χ4v) is 3.54. The molecule has 4 rings (SSSR count). The van der Waals surface area contributed by atoms with Crippen LogP contribution < -0.4 is 10.6 Å². The zero-order chi connectivity index (χ0) is 19.3. The third kappa shape index (κ3) is 4.28. The molecule has 1 amide bonds. The van der Waals surface area contributed by atoms with Crippen LogP contribution >= 0.6 is 0 Å². The Morgan fingerprint density at radius 3 is 2.93 bits per heavy atom. The Balaban J connectivity index is 1.74. The second kappa shape index (κ2) is 8.35. The van der Waals surface area contributed by atoms with Gasteiger partial charge in [-0.3, -0.25) is 9.79 Å². The zero-order valence-corrected chi connectivity index (χ0v) is 16.1. The Bertz CT molecular complexity index is 934. The zero-order valence-electron chi connectivity index (χ0n) is 16.1. The van der Waals surface area contributed by atoms with Crippen molar-refractivity contribution in [3.8, 4) is 0 Å². The number of fused-ring (bicyclic) bond motifs is 4. The number of carbonyl (C=O) groups is 1. The van der Waals surface area contributed by atoms with Crippen LogP contribution in [0.5, 0.6) is 0 Å². The molecule has 0 spiro atoms. The molecule has 2 aromatic rings. The predicted octanol–water partition coefficient (Wildman–Crippen LogP) is 2.46. The maximum Gasteiger partial charge on any atom is 0.221 e. The van der Waals surface area contributed by atoms with Crippen LogP contribution in [-0.2, 0) is 17.8 Å². The smallest absolute Gasteiger partial charge is 0.221 e. The average molecular weight is 375 g/mol. The van der Waals surface area contributed by atoms with Gasteiger partial charge in [-0.05, 0) is 35.9 Å². The fourth-order valence-electron chi connectivity index (χ4n) is 3.54. The van der Waals surface area contributed by atoms with Crippen LogP contribution in [0, 0.1) is 0 Å². The number of rotatable bonds is 0. The summed E-state index contributed by atoms with van der Waals surface area (Å²) in [6, 6.07) is 12.6. The lowest BCUT2D eigenvalue weighted by Crippen LogP contribution is -2.32. The van der Waals surface area contributed by atoms with E-state index in [-0.39, 0.29) is 5.91 Å². The standard InChI is InChI=1S/C22H25N5O/c1-27-12-8-21(28)25-11-10-24-20-6-5-17-7-9-23-14-19(22(17)26-20)18-4-2-3-16(13-18)15-27/h2-6,9,13-14H,7-8,10-12,15H2,1H3,(H,24,26)(H,25,28). The summed E-state index contributed by atoms with van der Waals surface area (Å²) in [7, 11) is 2.04. The molecule has 0 saturated carbocycles. The van der Waals surface area contributed by atoms with E-state index in [1.807, 2.05) is 25.5 Å². The minimum atomic E-state index is 0.0757. The fraction of sp³-hybridized carbons (Fsp3) is 0.318. The topological polar surface area (TPSA) is 69.6 Å². The van der Waals surface area contributed by atoms with Crippen LogP contribution in [0.15, 0.2) is 47.6 Å². The normalized spacial score (nSPS) is 17.9. The molecule has 144 valence electrons. The second-order valence-electron chi connectivity index (χ2n) is 7.25. The van der Waals surface area contributed by atoms with E-state index in [2.05, 4.69) is 50.9 Å². The molecule has 28 heavy (non-hydrogen) atoms. The Hall–Kier alpha value is -2.99. The summed E-state index contributed by atoms with van der Waals surface area (Å²) in [5, 5.41) is 6.28. The lowest BCUT2D eigenvalue weighted by molar-refractivity contribution is -0.121. The van der Waals surface area contributed by atoms with E-state index in [9.17, 15) is 4.79 Å². The van der Waals surface area contributed by atoms with E-state index in [0.717, 1.165) is 47.7 Å². The number of nitrogens with zero attached hydrogens (tertiary/aromatic N) is 3. The van der Waals surface area contributed by atoms with Crippen LogP contribution in [0.3, 0.4) is 0 Å². The van der Waals surface area contributed by atoms with Gasteiger partial charge in [0, 0.05) is 57.0 Å². The van der Waals surface area contributed by atoms with Crippen molar-refractivity contribution in [2.45, 2.75) is 19.4 Å². The van der Waals surface area contributed by atoms with Gasteiger partial charge < -0.3 is 15.5 Å². The van der Waals surface area contributed by atoms with Crippen molar-refractivity contribution in [2.75, 3.05) is 32.0 Å². The third-order valence-corrected chi connectivity index (χ3v) is 5.02. The van der Waals surface area contributed by atoms with Crippen molar-refractivity contribution in [3.63, 3.8) is 0 Å². The summed E-state index contributed by atoms with van der Waals surface area (Å²) < 4.78 is 0. The van der Waals surface area contributed by atoms with E-state index in [4.69, 9.17) is 4.98 Å². The maximum absolute atomic E-state index is 12.0. The molecule has 1 aromatic carbocycles. The first-order valence-corrected chi connectivity index (χ1v) is 9.69. The van der Waals surface area contributed by atoms with E-state index in [1.165, 1.54) is 5.56 Å². The number of aliphatic imine (C=N–C) groups is 1. The first kappa shape index (κ1) is 18.4. The van der Waals surface area contributed by atoms with E-state index < -0.39 is 0 Å². The summed E-state index contributed by atoms with van der Waals surface area (Å²) in [5.74, 6) is 0.885. The molecule has 3 heterocycles. The Morgan fingerprint density at radius 1 is 1.11 bits per heavy atom. The average Bonchev–Trinajstić information content (AvgIpc) is 2.91. The van der Waals surface area contributed by atoms with Crippen molar-refractivity contribution in [3.05, 3.63) is 65.0 Å². The van der Waals surface area contributed by atoms with Crippen molar-refractivity contribution in [2.24, 2.45) is 4.99 Å². The quantitative estimate of drug-likeness (QED) is 0.742. The monoisotopic (exact) mass is 375 g/mol. The first-order chi connectivity index (χ1) is 13.7. The molecular formula is C22H25N5O. The van der Waals surface area contributed by atoms with Gasteiger partial charge in [-0.25, -0.2) is 4.98 Å². The van der Waals surface area contributed by atoms with E-state index >= 15 is 0 Å². The second-order valence-corrected chi connectivity index (χ2v) is 7.25. The highest BCUT2D eigenvalue weighted by molar-refractivity contribution is 5.84. The highest BCUT2D eigenvalue weighted by Crippen LogP contribution is 2.29. The summed E-state index contributed by atoms with van der Waals surface area (Å²) in [6.07, 6.45) is 5.10. The Labute approximate surface area is 165 Å². The molecular weight excluding hydrogens is 350 g/mol. The van der Waals surface area contributed by atoms with Gasteiger partial charge in [-0.1, -0.05) is 24.3 Å². The molecule has 1 aromatic heterocycles. The van der Waals surface area contributed by atoms with Crippen LogP contribution in [0.25, 0.3) is 5.57 Å². The van der Waals surface area contributed by atoms with Gasteiger partial charge in [-0.2, -0.15) is 0 Å². The van der Waals surface area contributed by atoms with Crippen molar-refractivity contribution in [1.29, 1.82) is 0 Å². The van der Waals surface area contributed by atoms with Gasteiger partial charge >= 0.3 is 0 Å². The summed E-state index contributed by atoms with van der Waals surface area (Å²) in [4.78, 5) is 23.6. The van der Waals surface area contributed by atoms with Crippen molar-refractivity contribution >= 4 is 23.5 Å². The number of aromatic nitrogens is 1. The SMILES string of the molecule is CN1CCC(=O)NCCNc2ccc3c(n2)C(=CN=CC3)c2cccc(c2)C1. The number of nitrogens with one attached hydrogen (secondary N) is 2. The lowest BCUT2D eigenvalue weighted by atomic mass is 9.97. The maximum atomic E-state index is 12.0. The van der Waals surface area contributed by atoms with Crippen LogP contribution in [0.2, 0.25) is 0 Å². The molecule has 0 unspecified atom stereocenters. The molecule has 2 N–H and O–H groups in total. The van der Waals surface area contributed by atoms with Gasteiger partial charge in [0.25, 0.3) is 0 Å². The molecule has 6 nitrogen and oxygen atoms in total. The van der Waals surface area contributed by atoms with Gasteiger partial charge in [0.05, 0.1) is 5.69 Å². The van der Waals surface area contributed by atoms with Gasteiger partial charge in [0.15, 0.2) is 0 Å². The van der Waals surface area contributed by atoms with Crippen LogP contribution in [-0.4, -0.2) is 48.7 Å². The van der Waals surface area contributed by atoms with Gasteiger partial charge in [-0.15, -0.1) is 0 Å². The minimum absolute atomic E-state index is 0.0757. The number of benzene rings is 1. The molecule has 0 saturated heterocycles. The number of hydrogen-bond donors (Lipinski definition) is 2. The van der Waals surface area contributed by atoms with Crippen molar-refractivity contribution < 1.29 is 4.79 Å². The molecule has 2 aliphatic heterocycles. The largest absolute Gasteiger partial charge is 0.368 e. The highest BCUT2D eigenvalue weighted by Gasteiger charge is 2.16. The molecule has 2 aliphatic rings. The number of hydrogen-bond acceptors (Lipinski definition) is 5. The predicted molar refractivity (Wildman–Crippen MR) is 112 cm³/mol. The minimum Gasteiger partial charge on any atom is -0.368 e. The Morgan fingerprint density at radius 2 is 2.00 bits per heavy atom. The molecule has 6 heteroatoms. The molecule has 4 bridgehead atoms. The summed E-state index contributed by atoms with van der Waals surface area (Å²) >= 11 is 0. The summed E-state index contributed by atoms with van der Waals surface area (Å²) in [5.41, 5.74) is 5.48. The molecule has 0 atom stereocenters. The molecule has 0 radical (unpaired) electrons.